The summed E-state index contributed by atoms with van der Waals surface area (Å²) in [5, 5.41) is 0. The largest absolute Gasteiger partial charge is 0.343 e. The average Bonchev–Trinajstić information content (AvgIpc) is 2.53. The first-order valence-electron chi connectivity index (χ1n) is 8.75. The molecule has 1 heterocycles. The quantitative estimate of drug-likeness (QED) is 0.818. The molecule has 1 aromatic rings. The number of carbonyl (C=O) groups is 1. The highest BCUT2D eigenvalue weighted by Gasteiger charge is 2.20. The third-order valence-corrected chi connectivity index (χ3v) is 6.14. The van der Waals surface area contributed by atoms with E-state index in [1.54, 1.807) is 4.90 Å². The van der Waals surface area contributed by atoms with Crippen molar-refractivity contribution in [1.29, 1.82) is 0 Å². The number of nitrogens with zero attached hydrogens (tertiary/aromatic N) is 1. The molecule has 2 rings (SSSR count). The number of likely N-dealkylation sites (tertiary alicyclic amines) is 1. The van der Waals surface area contributed by atoms with Crippen molar-refractivity contribution in [3.63, 3.8) is 0 Å². The summed E-state index contributed by atoms with van der Waals surface area (Å²) < 4.78 is 24.6. The molecule has 0 saturated carbocycles. The summed E-state index contributed by atoms with van der Waals surface area (Å²) in [5.74, 6) is -0.0880. The zero-order chi connectivity index (χ0) is 17.8. The van der Waals surface area contributed by atoms with Gasteiger partial charge in [0.1, 0.15) is 0 Å². The van der Waals surface area contributed by atoms with Crippen molar-refractivity contribution >= 4 is 15.7 Å². The van der Waals surface area contributed by atoms with Gasteiger partial charge in [-0.1, -0.05) is 45.0 Å². The van der Waals surface area contributed by atoms with Crippen LogP contribution in [0.15, 0.2) is 24.3 Å². The first-order chi connectivity index (χ1) is 11.2. The summed E-state index contributed by atoms with van der Waals surface area (Å²) in [5.41, 5.74) is 2.02. The van der Waals surface area contributed by atoms with E-state index in [2.05, 4.69) is 20.8 Å². The predicted octanol–water partition coefficient (Wildman–Crippen LogP) is 3.30. The van der Waals surface area contributed by atoms with Gasteiger partial charge in [0.25, 0.3) is 0 Å². The van der Waals surface area contributed by atoms with Gasteiger partial charge in [0.15, 0.2) is 9.84 Å². The second-order valence-electron chi connectivity index (χ2n) is 7.73. The molecule has 1 amide bonds. The number of hydrogen-bond acceptors (Lipinski definition) is 3. The van der Waals surface area contributed by atoms with Crippen molar-refractivity contribution in [2.24, 2.45) is 0 Å². The van der Waals surface area contributed by atoms with Crippen LogP contribution < -0.4 is 0 Å². The lowest BCUT2D eigenvalue weighted by Crippen LogP contribution is -2.36. The third kappa shape index (κ3) is 5.62. The monoisotopic (exact) mass is 351 g/mol. The Hall–Kier alpha value is -1.36. The van der Waals surface area contributed by atoms with Gasteiger partial charge in [-0.15, -0.1) is 0 Å². The van der Waals surface area contributed by atoms with Crippen LogP contribution in [0, 0.1) is 0 Å². The molecule has 24 heavy (non-hydrogen) atoms. The van der Waals surface area contributed by atoms with Gasteiger partial charge in [0.2, 0.25) is 5.91 Å². The Morgan fingerprint density at radius 3 is 2.17 bits per heavy atom. The normalized spacial score (nSPS) is 16.2. The van der Waals surface area contributed by atoms with Gasteiger partial charge in [-0.2, -0.15) is 0 Å². The van der Waals surface area contributed by atoms with Gasteiger partial charge >= 0.3 is 0 Å². The van der Waals surface area contributed by atoms with E-state index < -0.39 is 9.84 Å². The highest BCUT2D eigenvalue weighted by atomic mass is 32.2. The number of sulfone groups is 1. The lowest BCUT2D eigenvalue weighted by molar-refractivity contribution is -0.131. The second kappa shape index (κ2) is 7.68. The van der Waals surface area contributed by atoms with E-state index in [0.717, 1.165) is 37.9 Å². The Labute approximate surface area is 146 Å². The van der Waals surface area contributed by atoms with E-state index >= 15 is 0 Å². The summed E-state index contributed by atoms with van der Waals surface area (Å²) in [6, 6.07) is 7.74. The number of benzene rings is 1. The molecule has 1 aliphatic rings. The minimum absolute atomic E-state index is 0.00467. The first kappa shape index (κ1) is 19.0. The highest BCUT2D eigenvalue weighted by Crippen LogP contribution is 2.22. The molecule has 0 spiro atoms. The molecule has 0 N–H and O–H groups in total. The average molecular weight is 352 g/mol. The minimum atomic E-state index is -3.26. The molecular weight excluding hydrogens is 322 g/mol. The van der Waals surface area contributed by atoms with Crippen LogP contribution in [0.3, 0.4) is 0 Å². The zero-order valence-electron chi connectivity index (χ0n) is 15.0. The Morgan fingerprint density at radius 2 is 1.62 bits per heavy atom. The van der Waals surface area contributed by atoms with Crippen LogP contribution in [0.4, 0.5) is 0 Å². The SMILES string of the molecule is CC(C)(C)c1ccc(CS(=O)(=O)CCC(=O)N2CCCCC2)cc1. The number of rotatable bonds is 5. The van der Waals surface area contributed by atoms with Crippen LogP contribution in [0.5, 0.6) is 0 Å². The van der Waals surface area contributed by atoms with Crippen molar-refractivity contribution in [3.8, 4) is 0 Å². The van der Waals surface area contributed by atoms with Gasteiger partial charge < -0.3 is 4.90 Å². The molecule has 5 heteroatoms. The number of piperidine rings is 1. The predicted molar refractivity (Wildman–Crippen MR) is 97.7 cm³/mol. The summed E-state index contributed by atoms with van der Waals surface area (Å²) >= 11 is 0. The van der Waals surface area contributed by atoms with Crippen molar-refractivity contribution in [2.75, 3.05) is 18.8 Å². The van der Waals surface area contributed by atoms with E-state index in [0.29, 0.717) is 0 Å². The maximum absolute atomic E-state index is 12.3. The number of carbonyl (C=O) groups excluding carboxylic acids is 1. The minimum Gasteiger partial charge on any atom is -0.343 e. The van der Waals surface area contributed by atoms with Crippen molar-refractivity contribution in [2.45, 2.75) is 57.6 Å². The fourth-order valence-corrected chi connectivity index (χ4v) is 4.30. The van der Waals surface area contributed by atoms with E-state index in [-0.39, 0.29) is 29.2 Å². The zero-order valence-corrected chi connectivity index (χ0v) is 15.9. The van der Waals surface area contributed by atoms with E-state index in [1.165, 1.54) is 5.56 Å². The highest BCUT2D eigenvalue weighted by molar-refractivity contribution is 7.90. The summed E-state index contributed by atoms with van der Waals surface area (Å²) in [6.07, 6.45) is 3.31. The van der Waals surface area contributed by atoms with Crippen molar-refractivity contribution in [1.82, 2.24) is 4.90 Å². The van der Waals surface area contributed by atoms with Crippen molar-refractivity contribution < 1.29 is 13.2 Å². The molecule has 0 bridgehead atoms. The van der Waals surface area contributed by atoms with Crippen LogP contribution in [-0.4, -0.2) is 38.1 Å². The van der Waals surface area contributed by atoms with Gasteiger partial charge in [0, 0.05) is 19.5 Å². The van der Waals surface area contributed by atoms with Crippen LogP contribution in [0.25, 0.3) is 0 Å². The number of hydrogen-bond donors (Lipinski definition) is 0. The molecule has 0 unspecified atom stereocenters. The Balaban J connectivity index is 1.90. The molecule has 1 aliphatic heterocycles. The van der Waals surface area contributed by atoms with Gasteiger partial charge in [-0.05, 0) is 35.8 Å². The molecule has 1 aromatic carbocycles. The molecule has 0 aromatic heterocycles. The summed E-state index contributed by atoms with van der Waals surface area (Å²) in [7, 11) is -3.26. The summed E-state index contributed by atoms with van der Waals surface area (Å²) in [4.78, 5) is 13.9. The van der Waals surface area contributed by atoms with Gasteiger partial charge in [0.05, 0.1) is 11.5 Å². The van der Waals surface area contributed by atoms with Gasteiger partial charge in [-0.3, -0.25) is 4.79 Å². The first-order valence-corrected chi connectivity index (χ1v) is 10.6. The van der Waals surface area contributed by atoms with E-state index in [4.69, 9.17) is 0 Å². The molecule has 134 valence electrons. The smallest absolute Gasteiger partial charge is 0.223 e. The van der Waals surface area contributed by atoms with E-state index in [9.17, 15) is 13.2 Å². The lowest BCUT2D eigenvalue weighted by Gasteiger charge is -2.26. The maximum Gasteiger partial charge on any atom is 0.223 e. The third-order valence-electron chi connectivity index (χ3n) is 4.54. The molecule has 0 aliphatic carbocycles. The van der Waals surface area contributed by atoms with Crippen LogP contribution in [-0.2, 0) is 25.8 Å². The molecule has 1 saturated heterocycles. The fraction of sp³-hybridized carbons (Fsp3) is 0.632. The molecule has 0 atom stereocenters. The summed E-state index contributed by atoms with van der Waals surface area (Å²) in [6.45, 7) is 7.93. The Morgan fingerprint density at radius 1 is 1.04 bits per heavy atom. The molecule has 0 radical (unpaired) electrons. The van der Waals surface area contributed by atoms with Crippen LogP contribution in [0.2, 0.25) is 0 Å². The topological polar surface area (TPSA) is 54.5 Å². The van der Waals surface area contributed by atoms with Crippen LogP contribution in [0.1, 0.15) is 57.6 Å². The maximum atomic E-state index is 12.3. The fourth-order valence-electron chi connectivity index (χ4n) is 2.97. The second-order valence-corrected chi connectivity index (χ2v) is 9.91. The Bertz CT molecular complexity index is 651. The van der Waals surface area contributed by atoms with E-state index in [1.807, 2.05) is 24.3 Å². The number of amides is 1. The Kier molecular flexibility index (Phi) is 6.07. The van der Waals surface area contributed by atoms with Crippen molar-refractivity contribution in [3.05, 3.63) is 35.4 Å². The molecule has 1 fully saturated rings. The van der Waals surface area contributed by atoms with Crippen LogP contribution >= 0.6 is 0 Å². The lowest BCUT2D eigenvalue weighted by atomic mass is 9.87. The van der Waals surface area contributed by atoms with Gasteiger partial charge in [-0.25, -0.2) is 8.42 Å². The molecular formula is C19H29NO3S. The molecule has 4 nitrogen and oxygen atoms in total. The standard InChI is InChI=1S/C19H29NO3S/c1-19(2,3)17-9-7-16(8-10-17)15-24(22,23)14-11-18(21)20-12-5-4-6-13-20/h7-10H,4-6,11-15H2,1-3H3.